The Bertz CT molecular complexity index is 456. The molecule has 1 aromatic carbocycles. The molecule has 3 heteroatoms. The van der Waals surface area contributed by atoms with Gasteiger partial charge in [0.05, 0.1) is 12.2 Å². The molecule has 1 saturated heterocycles. The van der Waals surface area contributed by atoms with Gasteiger partial charge in [0.15, 0.2) is 0 Å². The SMILES string of the molecule is C[C@@H]1CCC[C@H](C)N1CCCOc1ccccc1C#N. The molecule has 0 radical (unpaired) electrons. The molecule has 1 aliphatic heterocycles. The van der Waals surface area contributed by atoms with Crippen LogP contribution in [0.5, 0.6) is 5.75 Å². The fourth-order valence-electron chi connectivity index (χ4n) is 3.03. The van der Waals surface area contributed by atoms with Crippen molar-refractivity contribution in [3.05, 3.63) is 29.8 Å². The smallest absolute Gasteiger partial charge is 0.137 e. The zero-order valence-corrected chi connectivity index (χ0v) is 12.5. The summed E-state index contributed by atoms with van der Waals surface area (Å²) < 4.78 is 5.74. The van der Waals surface area contributed by atoms with Gasteiger partial charge in [0, 0.05) is 18.6 Å². The third-order valence-corrected chi connectivity index (χ3v) is 4.20. The molecule has 0 spiro atoms. The number of para-hydroxylation sites is 1. The predicted molar refractivity (Wildman–Crippen MR) is 80.8 cm³/mol. The number of piperidine rings is 1. The summed E-state index contributed by atoms with van der Waals surface area (Å²) in [5.41, 5.74) is 0.618. The van der Waals surface area contributed by atoms with E-state index in [9.17, 15) is 0 Å². The first-order valence-electron chi connectivity index (χ1n) is 7.60. The molecule has 2 rings (SSSR count). The highest BCUT2D eigenvalue weighted by Gasteiger charge is 2.23. The molecule has 2 atom stereocenters. The Labute approximate surface area is 122 Å². The third kappa shape index (κ3) is 3.74. The molecule has 0 amide bonds. The van der Waals surface area contributed by atoms with Crippen LogP contribution in [-0.2, 0) is 0 Å². The molecule has 1 heterocycles. The standard InChI is InChI=1S/C17H24N2O/c1-14-7-5-8-15(2)19(14)11-6-12-20-17-10-4-3-9-16(17)13-18/h3-4,9-10,14-15H,5-8,11-12H2,1-2H3/t14-,15+. The van der Waals surface area contributed by atoms with E-state index < -0.39 is 0 Å². The van der Waals surface area contributed by atoms with Gasteiger partial charge in [-0.05, 0) is 45.2 Å². The number of ether oxygens (including phenoxy) is 1. The van der Waals surface area contributed by atoms with Gasteiger partial charge in [-0.15, -0.1) is 0 Å². The summed E-state index contributed by atoms with van der Waals surface area (Å²) in [6.07, 6.45) is 4.98. The number of hydrogen-bond acceptors (Lipinski definition) is 3. The molecule has 108 valence electrons. The van der Waals surface area contributed by atoms with Gasteiger partial charge in [-0.3, -0.25) is 4.90 Å². The maximum absolute atomic E-state index is 9.01. The lowest BCUT2D eigenvalue weighted by molar-refractivity contribution is 0.0961. The number of likely N-dealkylation sites (tertiary alicyclic amines) is 1. The maximum Gasteiger partial charge on any atom is 0.137 e. The van der Waals surface area contributed by atoms with E-state index in [0.29, 0.717) is 30.0 Å². The van der Waals surface area contributed by atoms with E-state index in [4.69, 9.17) is 10.00 Å². The average molecular weight is 272 g/mol. The van der Waals surface area contributed by atoms with Crippen molar-refractivity contribution >= 4 is 0 Å². The first kappa shape index (κ1) is 14.9. The van der Waals surface area contributed by atoms with E-state index in [-0.39, 0.29) is 0 Å². The van der Waals surface area contributed by atoms with Crippen LogP contribution in [0.3, 0.4) is 0 Å². The zero-order valence-electron chi connectivity index (χ0n) is 12.5. The predicted octanol–water partition coefficient (Wildman–Crippen LogP) is 3.59. The third-order valence-electron chi connectivity index (χ3n) is 4.20. The molecule has 1 aliphatic rings. The first-order valence-corrected chi connectivity index (χ1v) is 7.60. The molecule has 0 bridgehead atoms. The van der Waals surface area contributed by atoms with Gasteiger partial charge in [0.1, 0.15) is 11.8 Å². The second kappa shape index (κ2) is 7.31. The topological polar surface area (TPSA) is 36.3 Å². The van der Waals surface area contributed by atoms with Crippen molar-refractivity contribution in [2.75, 3.05) is 13.2 Å². The summed E-state index contributed by atoms with van der Waals surface area (Å²) in [6, 6.07) is 11.0. The van der Waals surface area contributed by atoms with Crippen LogP contribution in [0.25, 0.3) is 0 Å². The highest BCUT2D eigenvalue weighted by atomic mass is 16.5. The van der Waals surface area contributed by atoms with Crippen molar-refractivity contribution in [3.8, 4) is 11.8 Å². The molecule has 0 unspecified atom stereocenters. The molecular formula is C17H24N2O. The van der Waals surface area contributed by atoms with Gasteiger partial charge in [0.2, 0.25) is 0 Å². The summed E-state index contributed by atoms with van der Waals surface area (Å²) in [5, 5.41) is 9.01. The van der Waals surface area contributed by atoms with Crippen LogP contribution in [0, 0.1) is 11.3 Å². The normalized spacial score (nSPS) is 23.2. The van der Waals surface area contributed by atoms with E-state index in [2.05, 4.69) is 24.8 Å². The molecule has 1 aromatic rings. The van der Waals surface area contributed by atoms with Crippen LogP contribution in [0.1, 0.15) is 45.1 Å². The van der Waals surface area contributed by atoms with E-state index >= 15 is 0 Å². The Morgan fingerprint density at radius 1 is 1.25 bits per heavy atom. The quantitative estimate of drug-likeness (QED) is 0.769. The number of benzene rings is 1. The fourth-order valence-corrected chi connectivity index (χ4v) is 3.03. The van der Waals surface area contributed by atoms with Crippen LogP contribution in [0.15, 0.2) is 24.3 Å². The summed E-state index contributed by atoms with van der Waals surface area (Å²) >= 11 is 0. The second-order valence-electron chi connectivity index (χ2n) is 5.68. The van der Waals surface area contributed by atoms with Gasteiger partial charge in [-0.2, -0.15) is 5.26 Å². The Balaban J connectivity index is 1.77. The van der Waals surface area contributed by atoms with E-state index in [1.807, 2.05) is 18.2 Å². The van der Waals surface area contributed by atoms with Crippen LogP contribution >= 0.6 is 0 Å². The lowest BCUT2D eigenvalue weighted by Gasteiger charge is -2.39. The summed E-state index contributed by atoms with van der Waals surface area (Å²) in [4.78, 5) is 2.59. The minimum Gasteiger partial charge on any atom is -0.492 e. The van der Waals surface area contributed by atoms with Crippen LogP contribution in [-0.4, -0.2) is 30.1 Å². The largest absolute Gasteiger partial charge is 0.492 e. The van der Waals surface area contributed by atoms with Gasteiger partial charge >= 0.3 is 0 Å². The molecular weight excluding hydrogens is 248 g/mol. The molecule has 1 fully saturated rings. The van der Waals surface area contributed by atoms with Crippen molar-refractivity contribution in [3.63, 3.8) is 0 Å². The average Bonchev–Trinajstić information content (AvgIpc) is 2.46. The van der Waals surface area contributed by atoms with Gasteiger partial charge in [0.25, 0.3) is 0 Å². The number of rotatable bonds is 5. The van der Waals surface area contributed by atoms with Crippen molar-refractivity contribution in [2.45, 2.75) is 51.6 Å². The highest BCUT2D eigenvalue weighted by molar-refractivity contribution is 5.42. The summed E-state index contributed by atoms with van der Waals surface area (Å²) in [5.74, 6) is 0.703. The van der Waals surface area contributed by atoms with Crippen LogP contribution in [0.4, 0.5) is 0 Å². The number of nitriles is 1. The molecule has 0 aromatic heterocycles. The molecule has 0 N–H and O–H groups in total. The van der Waals surface area contributed by atoms with Crippen molar-refractivity contribution < 1.29 is 4.74 Å². The summed E-state index contributed by atoms with van der Waals surface area (Å²) in [6.45, 7) is 6.40. The Kier molecular flexibility index (Phi) is 5.43. The first-order chi connectivity index (χ1) is 9.72. The number of hydrogen-bond donors (Lipinski definition) is 0. The van der Waals surface area contributed by atoms with Crippen molar-refractivity contribution in [1.29, 1.82) is 5.26 Å². The summed E-state index contributed by atoms with van der Waals surface area (Å²) in [7, 11) is 0. The minimum absolute atomic E-state index is 0.618. The van der Waals surface area contributed by atoms with Gasteiger partial charge in [-0.25, -0.2) is 0 Å². The fraction of sp³-hybridized carbons (Fsp3) is 0.588. The monoisotopic (exact) mass is 272 g/mol. The second-order valence-corrected chi connectivity index (χ2v) is 5.68. The Morgan fingerprint density at radius 3 is 2.65 bits per heavy atom. The Hall–Kier alpha value is -1.53. The zero-order chi connectivity index (χ0) is 14.4. The van der Waals surface area contributed by atoms with E-state index in [0.717, 1.165) is 13.0 Å². The van der Waals surface area contributed by atoms with Gasteiger partial charge < -0.3 is 4.74 Å². The molecule has 0 saturated carbocycles. The minimum atomic E-state index is 0.618. The molecule has 3 nitrogen and oxygen atoms in total. The van der Waals surface area contributed by atoms with E-state index in [1.54, 1.807) is 6.07 Å². The van der Waals surface area contributed by atoms with Crippen molar-refractivity contribution in [2.24, 2.45) is 0 Å². The maximum atomic E-state index is 9.01. The molecule has 20 heavy (non-hydrogen) atoms. The van der Waals surface area contributed by atoms with Gasteiger partial charge in [-0.1, -0.05) is 18.6 Å². The lowest BCUT2D eigenvalue weighted by Crippen LogP contribution is -2.44. The lowest BCUT2D eigenvalue weighted by atomic mass is 9.97. The number of nitrogens with zero attached hydrogens (tertiary/aromatic N) is 2. The van der Waals surface area contributed by atoms with Crippen LogP contribution in [0.2, 0.25) is 0 Å². The Morgan fingerprint density at radius 2 is 1.95 bits per heavy atom. The highest BCUT2D eigenvalue weighted by Crippen LogP contribution is 2.22. The van der Waals surface area contributed by atoms with Crippen molar-refractivity contribution in [1.82, 2.24) is 4.90 Å². The van der Waals surface area contributed by atoms with Crippen LogP contribution < -0.4 is 4.74 Å². The van der Waals surface area contributed by atoms with E-state index in [1.165, 1.54) is 19.3 Å². The molecule has 0 aliphatic carbocycles.